The van der Waals surface area contributed by atoms with Crippen molar-refractivity contribution in [1.29, 1.82) is 0 Å². The summed E-state index contributed by atoms with van der Waals surface area (Å²) in [5.41, 5.74) is 7.12. The van der Waals surface area contributed by atoms with E-state index in [1.54, 1.807) is 24.1 Å². The highest BCUT2D eigenvalue weighted by atomic mass is 79.9. The van der Waals surface area contributed by atoms with Gasteiger partial charge in [0.2, 0.25) is 0 Å². The molecule has 2 N–H and O–H groups in total. The van der Waals surface area contributed by atoms with Crippen LogP contribution >= 0.6 is 27.3 Å². The third-order valence-corrected chi connectivity index (χ3v) is 4.22. The van der Waals surface area contributed by atoms with Gasteiger partial charge in [0.15, 0.2) is 0 Å². The molecule has 5 heteroatoms. The van der Waals surface area contributed by atoms with E-state index in [9.17, 15) is 4.79 Å². The number of nitrogens with two attached hydrogens (primary N) is 1. The first-order valence-electron chi connectivity index (χ1n) is 4.96. The van der Waals surface area contributed by atoms with Gasteiger partial charge < -0.3 is 10.6 Å². The van der Waals surface area contributed by atoms with Gasteiger partial charge in [0.05, 0.1) is 0 Å². The van der Waals surface area contributed by atoms with Gasteiger partial charge in [0.1, 0.15) is 4.88 Å². The van der Waals surface area contributed by atoms with Gasteiger partial charge in [0, 0.05) is 22.9 Å². The Hall–Kier alpha value is -1.33. The van der Waals surface area contributed by atoms with Crippen LogP contribution in [0.2, 0.25) is 0 Å². The highest BCUT2D eigenvalue weighted by Crippen LogP contribution is 2.26. The number of amides is 1. The third kappa shape index (κ3) is 2.50. The first-order chi connectivity index (χ1) is 8.09. The molecule has 0 fully saturated rings. The van der Waals surface area contributed by atoms with Crippen LogP contribution in [-0.4, -0.2) is 13.0 Å². The first-order valence-corrected chi connectivity index (χ1v) is 6.63. The Morgan fingerprint density at radius 3 is 2.47 bits per heavy atom. The number of carbonyl (C=O) groups excluding carboxylic acids is 1. The summed E-state index contributed by atoms with van der Waals surface area (Å²) in [4.78, 5) is 14.5. The van der Waals surface area contributed by atoms with Gasteiger partial charge in [-0.05, 0) is 51.6 Å². The largest absolute Gasteiger partial charge is 0.399 e. The number of carbonyl (C=O) groups is 1. The lowest BCUT2D eigenvalue weighted by Gasteiger charge is -2.16. The standard InChI is InChI=1S/C12H11BrN2OS/c1-15(9-4-2-8(14)3-5-9)12(16)11-10(13)6-7-17-11/h2-7H,14H2,1H3. The lowest BCUT2D eigenvalue weighted by molar-refractivity contribution is 0.0996. The normalized spacial score (nSPS) is 10.2. The first kappa shape index (κ1) is 12.1. The lowest BCUT2D eigenvalue weighted by Crippen LogP contribution is -2.25. The van der Waals surface area contributed by atoms with Crippen molar-refractivity contribution in [2.24, 2.45) is 0 Å². The van der Waals surface area contributed by atoms with Crippen LogP contribution in [0.15, 0.2) is 40.2 Å². The van der Waals surface area contributed by atoms with Gasteiger partial charge in [-0.2, -0.15) is 0 Å². The highest BCUT2D eigenvalue weighted by molar-refractivity contribution is 9.10. The maximum atomic E-state index is 12.2. The Kier molecular flexibility index (Phi) is 3.49. The summed E-state index contributed by atoms with van der Waals surface area (Å²) in [5, 5.41) is 1.88. The Bertz CT molecular complexity index is 536. The second-order valence-electron chi connectivity index (χ2n) is 3.55. The second-order valence-corrected chi connectivity index (χ2v) is 5.32. The smallest absolute Gasteiger partial charge is 0.269 e. The van der Waals surface area contributed by atoms with Crippen molar-refractivity contribution < 1.29 is 4.79 Å². The van der Waals surface area contributed by atoms with Gasteiger partial charge in [-0.15, -0.1) is 11.3 Å². The second kappa shape index (κ2) is 4.89. The number of thiophene rings is 1. The molecule has 0 unspecified atom stereocenters. The van der Waals surface area contributed by atoms with E-state index in [2.05, 4.69) is 15.9 Å². The van der Waals surface area contributed by atoms with Crippen LogP contribution in [0.25, 0.3) is 0 Å². The quantitative estimate of drug-likeness (QED) is 0.864. The van der Waals surface area contributed by atoms with E-state index in [1.807, 2.05) is 23.6 Å². The molecule has 0 saturated carbocycles. The van der Waals surface area contributed by atoms with Gasteiger partial charge in [0.25, 0.3) is 5.91 Å². The Labute approximate surface area is 112 Å². The van der Waals surface area contributed by atoms with Crippen LogP contribution in [0.4, 0.5) is 11.4 Å². The Morgan fingerprint density at radius 1 is 1.29 bits per heavy atom. The number of benzene rings is 1. The molecule has 2 rings (SSSR count). The van der Waals surface area contributed by atoms with E-state index in [1.165, 1.54) is 11.3 Å². The molecule has 17 heavy (non-hydrogen) atoms. The van der Waals surface area contributed by atoms with Gasteiger partial charge in [-0.25, -0.2) is 0 Å². The van der Waals surface area contributed by atoms with E-state index in [0.717, 1.165) is 10.2 Å². The van der Waals surface area contributed by atoms with E-state index >= 15 is 0 Å². The number of hydrogen-bond donors (Lipinski definition) is 1. The zero-order valence-electron chi connectivity index (χ0n) is 9.18. The fourth-order valence-electron chi connectivity index (χ4n) is 1.41. The summed E-state index contributed by atoms with van der Waals surface area (Å²) in [6.07, 6.45) is 0. The molecular weight excluding hydrogens is 300 g/mol. The number of nitrogens with zero attached hydrogens (tertiary/aromatic N) is 1. The van der Waals surface area contributed by atoms with E-state index in [0.29, 0.717) is 10.6 Å². The molecule has 0 aliphatic heterocycles. The number of anilines is 2. The number of halogens is 1. The Balaban J connectivity index is 2.26. The number of nitrogen functional groups attached to an aromatic ring is 1. The monoisotopic (exact) mass is 310 g/mol. The van der Waals surface area contributed by atoms with Crippen molar-refractivity contribution in [1.82, 2.24) is 0 Å². The molecule has 2 aromatic rings. The molecule has 3 nitrogen and oxygen atoms in total. The van der Waals surface area contributed by atoms with Crippen LogP contribution in [0.5, 0.6) is 0 Å². The summed E-state index contributed by atoms with van der Waals surface area (Å²) in [7, 11) is 1.75. The minimum atomic E-state index is -0.0309. The van der Waals surface area contributed by atoms with Crippen LogP contribution < -0.4 is 10.6 Å². The van der Waals surface area contributed by atoms with E-state index in [-0.39, 0.29) is 5.91 Å². The zero-order chi connectivity index (χ0) is 12.4. The molecule has 0 radical (unpaired) electrons. The number of rotatable bonds is 2. The topological polar surface area (TPSA) is 46.3 Å². The van der Waals surface area contributed by atoms with Crippen molar-refractivity contribution in [2.45, 2.75) is 0 Å². The van der Waals surface area contributed by atoms with Crippen molar-refractivity contribution in [3.05, 3.63) is 45.1 Å². The molecule has 1 heterocycles. The van der Waals surface area contributed by atoms with Crippen LogP contribution in [0.3, 0.4) is 0 Å². The molecule has 0 aliphatic rings. The van der Waals surface area contributed by atoms with E-state index < -0.39 is 0 Å². The van der Waals surface area contributed by atoms with Crippen LogP contribution in [0.1, 0.15) is 9.67 Å². The summed E-state index contributed by atoms with van der Waals surface area (Å²) >= 11 is 4.78. The molecule has 0 bridgehead atoms. The fraction of sp³-hybridized carbons (Fsp3) is 0.0833. The minimum absolute atomic E-state index is 0.0309. The predicted molar refractivity (Wildman–Crippen MR) is 75.6 cm³/mol. The molecule has 0 saturated heterocycles. The van der Waals surface area contributed by atoms with Crippen LogP contribution in [0, 0.1) is 0 Å². The maximum absolute atomic E-state index is 12.2. The summed E-state index contributed by atoms with van der Waals surface area (Å²) in [6, 6.07) is 9.09. The van der Waals surface area contributed by atoms with Crippen molar-refractivity contribution in [3.8, 4) is 0 Å². The predicted octanol–water partition coefficient (Wildman–Crippen LogP) is 3.37. The average molecular weight is 311 g/mol. The molecule has 0 spiro atoms. The van der Waals surface area contributed by atoms with Gasteiger partial charge >= 0.3 is 0 Å². The summed E-state index contributed by atoms with van der Waals surface area (Å²) in [5.74, 6) is -0.0309. The molecule has 0 aliphatic carbocycles. The van der Waals surface area contributed by atoms with Crippen molar-refractivity contribution >= 4 is 44.5 Å². The summed E-state index contributed by atoms with van der Waals surface area (Å²) < 4.78 is 0.829. The van der Waals surface area contributed by atoms with E-state index in [4.69, 9.17) is 5.73 Å². The molecule has 1 amide bonds. The third-order valence-electron chi connectivity index (χ3n) is 2.40. The molecule has 1 aromatic heterocycles. The lowest BCUT2D eigenvalue weighted by atomic mass is 10.2. The minimum Gasteiger partial charge on any atom is -0.399 e. The molecule has 0 atom stereocenters. The summed E-state index contributed by atoms with van der Waals surface area (Å²) in [6.45, 7) is 0. The Morgan fingerprint density at radius 2 is 1.94 bits per heavy atom. The zero-order valence-corrected chi connectivity index (χ0v) is 11.6. The highest BCUT2D eigenvalue weighted by Gasteiger charge is 2.17. The maximum Gasteiger partial charge on any atom is 0.269 e. The SMILES string of the molecule is CN(C(=O)c1sccc1Br)c1ccc(N)cc1. The van der Waals surface area contributed by atoms with Gasteiger partial charge in [-0.1, -0.05) is 0 Å². The average Bonchev–Trinajstić information content (AvgIpc) is 2.74. The van der Waals surface area contributed by atoms with Crippen molar-refractivity contribution in [2.75, 3.05) is 17.7 Å². The molecular formula is C12H11BrN2OS. The van der Waals surface area contributed by atoms with Gasteiger partial charge in [-0.3, -0.25) is 4.79 Å². The number of hydrogen-bond acceptors (Lipinski definition) is 3. The van der Waals surface area contributed by atoms with Crippen LogP contribution in [-0.2, 0) is 0 Å². The molecule has 1 aromatic carbocycles. The van der Waals surface area contributed by atoms with Crippen molar-refractivity contribution in [3.63, 3.8) is 0 Å². The molecule has 88 valence electrons. The fourth-order valence-corrected chi connectivity index (χ4v) is 2.93.